The van der Waals surface area contributed by atoms with Crippen LogP contribution in [0.1, 0.15) is 70.4 Å². The summed E-state index contributed by atoms with van der Waals surface area (Å²) < 4.78 is 39.8. The van der Waals surface area contributed by atoms with Gasteiger partial charge in [-0.15, -0.1) is 11.3 Å². The van der Waals surface area contributed by atoms with Crippen molar-refractivity contribution in [2.75, 3.05) is 19.6 Å². The van der Waals surface area contributed by atoms with Crippen molar-refractivity contribution in [1.82, 2.24) is 20.1 Å². The largest absolute Gasteiger partial charge is 0.416 e. The van der Waals surface area contributed by atoms with Crippen LogP contribution in [-0.4, -0.2) is 46.4 Å². The van der Waals surface area contributed by atoms with Gasteiger partial charge in [0.05, 0.1) is 12.1 Å². The number of halogens is 3. The van der Waals surface area contributed by atoms with Crippen molar-refractivity contribution in [3.05, 3.63) is 86.9 Å². The van der Waals surface area contributed by atoms with Crippen molar-refractivity contribution in [2.24, 2.45) is 0 Å². The molecule has 0 bridgehead atoms. The van der Waals surface area contributed by atoms with Crippen LogP contribution in [-0.2, 0) is 25.8 Å². The summed E-state index contributed by atoms with van der Waals surface area (Å²) in [5, 5.41) is 5.49. The van der Waals surface area contributed by atoms with E-state index >= 15 is 0 Å². The standard InChI is InChI=1S/C30H37F3N4OS/c1-22-10-12-24(13-11-22)18-36(19-25-8-5-9-26(17-25)30(31,32)33)20-28-35-27(21-39-28)29(38)34-14-6-16-37-15-4-3-7-23(37)2/h5,8-13,17,21,23H,3-4,6-7,14-16,18-20H2,1-2H3,(H,34,38). The summed E-state index contributed by atoms with van der Waals surface area (Å²) in [7, 11) is 0. The number of amides is 1. The lowest BCUT2D eigenvalue weighted by Gasteiger charge is -2.33. The number of benzene rings is 2. The van der Waals surface area contributed by atoms with Crippen LogP contribution in [0.4, 0.5) is 13.2 Å². The number of carbonyl (C=O) groups is 1. The van der Waals surface area contributed by atoms with Crippen molar-refractivity contribution in [3.63, 3.8) is 0 Å². The molecule has 1 fully saturated rings. The highest BCUT2D eigenvalue weighted by Crippen LogP contribution is 2.30. The molecule has 0 saturated carbocycles. The molecule has 2 aromatic carbocycles. The average Bonchev–Trinajstić information content (AvgIpc) is 3.37. The molecule has 1 N–H and O–H groups in total. The maximum atomic E-state index is 13.3. The third-order valence-electron chi connectivity index (χ3n) is 7.18. The van der Waals surface area contributed by atoms with Gasteiger partial charge in [0.15, 0.2) is 0 Å². The van der Waals surface area contributed by atoms with E-state index < -0.39 is 11.7 Å². The second-order valence-electron chi connectivity index (χ2n) is 10.4. The SMILES string of the molecule is Cc1ccc(CN(Cc2cccc(C(F)(F)F)c2)Cc2nc(C(=O)NCCCN3CCCCC3C)cs2)cc1. The number of rotatable bonds is 11. The van der Waals surface area contributed by atoms with E-state index in [2.05, 4.69) is 27.0 Å². The highest BCUT2D eigenvalue weighted by atomic mass is 32.1. The molecule has 210 valence electrons. The Labute approximate surface area is 233 Å². The highest BCUT2D eigenvalue weighted by Gasteiger charge is 2.30. The summed E-state index contributed by atoms with van der Waals surface area (Å²) in [5.41, 5.74) is 2.51. The summed E-state index contributed by atoms with van der Waals surface area (Å²) in [6.45, 7) is 8.29. The summed E-state index contributed by atoms with van der Waals surface area (Å²) in [6, 6.07) is 14.2. The normalized spacial score (nSPS) is 16.5. The second kappa shape index (κ2) is 13.5. The van der Waals surface area contributed by atoms with Crippen molar-refractivity contribution in [3.8, 4) is 0 Å². The molecule has 2 heterocycles. The topological polar surface area (TPSA) is 48.5 Å². The second-order valence-corrected chi connectivity index (χ2v) is 11.4. The molecule has 1 atom stereocenters. The zero-order valence-corrected chi connectivity index (χ0v) is 23.5. The number of nitrogens with one attached hydrogen (secondary N) is 1. The number of hydrogen-bond acceptors (Lipinski definition) is 5. The number of aromatic nitrogens is 1. The maximum Gasteiger partial charge on any atom is 0.416 e. The molecule has 0 radical (unpaired) electrons. The van der Waals surface area contributed by atoms with Crippen molar-refractivity contribution in [2.45, 2.75) is 71.4 Å². The van der Waals surface area contributed by atoms with Gasteiger partial charge in [0.1, 0.15) is 10.7 Å². The van der Waals surface area contributed by atoms with Gasteiger partial charge in [0.25, 0.3) is 5.91 Å². The van der Waals surface area contributed by atoms with Gasteiger partial charge in [0.2, 0.25) is 0 Å². The maximum absolute atomic E-state index is 13.3. The van der Waals surface area contributed by atoms with Crippen LogP contribution in [0.5, 0.6) is 0 Å². The zero-order valence-electron chi connectivity index (χ0n) is 22.6. The molecule has 1 aromatic heterocycles. The molecule has 4 rings (SSSR count). The molecular formula is C30H37F3N4OS. The Morgan fingerprint density at radius 3 is 2.62 bits per heavy atom. The summed E-state index contributed by atoms with van der Waals surface area (Å²) in [5.74, 6) is -0.188. The van der Waals surface area contributed by atoms with Gasteiger partial charge < -0.3 is 10.2 Å². The predicted molar refractivity (Wildman–Crippen MR) is 150 cm³/mol. The molecular weight excluding hydrogens is 521 g/mol. The molecule has 1 unspecified atom stereocenters. The third-order valence-corrected chi connectivity index (χ3v) is 8.01. The van der Waals surface area contributed by atoms with Crippen LogP contribution in [0, 0.1) is 6.92 Å². The third kappa shape index (κ3) is 8.88. The molecule has 5 nitrogen and oxygen atoms in total. The Morgan fingerprint density at radius 1 is 1.10 bits per heavy atom. The average molecular weight is 559 g/mol. The smallest absolute Gasteiger partial charge is 0.351 e. The number of likely N-dealkylation sites (tertiary alicyclic amines) is 1. The fourth-order valence-electron chi connectivity index (χ4n) is 4.97. The molecule has 3 aromatic rings. The molecule has 0 spiro atoms. The minimum atomic E-state index is -4.39. The minimum absolute atomic E-state index is 0.188. The molecule has 9 heteroatoms. The number of aryl methyl sites for hydroxylation is 1. The fraction of sp³-hybridized carbons (Fsp3) is 0.467. The Bertz CT molecular complexity index is 1210. The Hall–Kier alpha value is -2.75. The van der Waals surface area contributed by atoms with Crippen molar-refractivity contribution in [1.29, 1.82) is 0 Å². The first-order chi connectivity index (χ1) is 18.7. The monoisotopic (exact) mass is 558 g/mol. The van der Waals surface area contributed by atoms with E-state index in [1.165, 1.54) is 42.7 Å². The van der Waals surface area contributed by atoms with Crippen LogP contribution in [0.3, 0.4) is 0 Å². The first-order valence-corrected chi connectivity index (χ1v) is 14.5. The molecule has 39 heavy (non-hydrogen) atoms. The van der Waals surface area contributed by atoms with Crippen LogP contribution in [0.25, 0.3) is 0 Å². The lowest BCUT2D eigenvalue weighted by molar-refractivity contribution is -0.137. The van der Waals surface area contributed by atoms with Crippen molar-refractivity contribution >= 4 is 17.2 Å². The van der Waals surface area contributed by atoms with Gasteiger partial charge in [-0.1, -0.05) is 54.4 Å². The van der Waals surface area contributed by atoms with E-state index in [0.29, 0.717) is 43.5 Å². The van der Waals surface area contributed by atoms with Gasteiger partial charge >= 0.3 is 6.18 Å². The molecule has 1 aliphatic rings. The number of hydrogen-bond donors (Lipinski definition) is 1. The zero-order chi connectivity index (χ0) is 27.8. The predicted octanol–water partition coefficient (Wildman–Crippen LogP) is 6.67. The summed E-state index contributed by atoms with van der Waals surface area (Å²) in [4.78, 5) is 21.8. The van der Waals surface area contributed by atoms with Crippen molar-refractivity contribution < 1.29 is 18.0 Å². The molecule has 1 saturated heterocycles. The number of piperidine rings is 1. The van der Waals surface area contributed by atoms with Crippen LogP contribution in [0.15, 0.2) is 53.9 Å². The van der Waals surface area contributed by atoms with E-state index in [9.17, 15) is 18.0 Å². The van der Waals surface area contributed by atoms with Gasteiger partial charge in [-0.05, 0) is 56.8 Å². The number of nitrogens with zero attached hydrogens (tertiary/aromatic N) is 3. The molecule has 0 aliphatic carbocycles. The summed E-state index contributed by atoms with van der Waals surface area (Å²) >= 11 is 1.40. The number of thiazole rings is 1. The minimum Gasteiger partial charge on any atom is -0.351 e. The van der Waals surface area contributed by atoms with Crippen LogP contribution in [0.2, 0.25) is 0 Å². The van der Waals surface area contributed by atoms with Crippen LogP contribution >= 0.6 is 11.3 Å². The number of alkyl halides is 3. The molecule has 1 aliphatic heterocycles. The van der Waals surface area contributed by atoms with Gasteiger partial charge in [-0.2, -0.15) is 13.2 Å². The number of carbonyl (C=O) groups excluding carboxylic acids is 1. The Morgan fingerprint density at radius 2 is 1.87 bits per heavy atom. The first-order valence-electron chi connectivity index (χ1n) is 13.6. The fourth-order valence-corrected chi connectivity index (χ4v) is 5.78. The van der Waals surface area contributed by atoms with E-state index in [0.717, 1.165) is 41.7 Å². The summed E-state index contributed by atoms with van der Waals surface area (Å²) in [6.07, 6.45) is 0.286. The van der Waals surface area contributed by atoms with Gasteiger partial charge in [-0.25, -0.2) is 4.98 Å². The van der Waals surface area contributed by atoms with Crippen LogP contribution < -0.4 is 5.32 Å². The highest BCUT2D eigenvalue weighted by molar-refractivity contribution is 7.09. The van der Waals surface area contributed by atoms with E-state index in [-0.39, 0.29) is 5.91 Å². The quantitative estimate of drug-likeness (QED) is 0.267. The lowest BCUT2D eigenvalue weighted by atomic mass is 10.0. The van der Waals surface area contributed by atoms with E-state index in [1.807, 2.05) is 31.2 Å². The lowest BCUT2D eigenvalue weighted by Crippen LogP contribution is -2.39. The molecule has 1 amide bonds. The van der Waals surface area contributed by atoms with Gasteiger partial charge in [-0.3, -0.25) is 9.69 Å². The van der Waals surface area contributed by atoms with E-state index in [4.69, 9.17) is 0 Å². The Balaban J connectivity index is 1.37. The van der Waals surface area contributed by atoms with E-state index in [1.54, 1.807) is 11.4 Å². The first kappa shape index (κ1) is 29.2. The van der Waals surface area contributed by atoms with Gasteiger partial charge in [0, 0.05) is 37.6 Å². The Kier molecular flexibility index (Phi) is 10.2.